The van der Waals surface area contributed by atoms with E-state index in [9.17, 15) is 22.8 Å². The highest BCUT2D eigenvalue weighted by Gasteiger charge is 2.31. The Morgan fingerprint density at radius 3 is 2.49 bits per heavy atom. The number of alkyl halides is 3. The zero-order valence-electron chi connectivity index (χ0n) is 23.9. The molecule has 0 aliphatic carbocycles. The quantitative estimate of drug-likeness (QED) is 0.204. The first kappa shape index (κ1) is 31.1. The van der Waals surface area contributed by atoms with Crippen LogP contribution >= 0.6 is 0 Å². The highest BCUT2D eigenvalue weighted by molar-refractivity contribution is 5.89. The third kappa shape index (κ3) is 8.57. The Balaban J connectivity index is 1.64. The molecular formula is C31H31F3N4O5. The Bertz CT molecular complexity index is 1580. The van der Waals surface area contributed by atoms with Crippen molar-refractivity contribution in [1.29, 1.82) is 0 Å². The van der Waals surface area contributed by atoms with Crippen LogP contribution in [0.25, 0.3) is 22.1 Å². The lowest BCUT2D eigenvalue weighted by Crippen LogP contribution is -2.48. The number of anilines is 1. The van der Waals surface area contributed by atoms with Gasteiger partial charge in [0.1, 0.15) is 12.2 Å². The Hall–Kier alpha value is -4.87. The number of nitrogens with zero attached hydrogens (tertiary/aromatic N) is 3. The lowest BCUT2D eigenvalue weighted by molar-refractivity contribution is -0.137. The molecule has 2 heterocycles. The second kappa shape index (κ2) is 13.0. The summed E-state index contributed by atoms with van der Waals surface area (Å²) in [5.74, 6) is 0.469. The van der Waals surface area contributed by atoms with Crippen LogP contribution in [0.3, 0.4) is 0 Å². The molecule has 4 rings (SSSR count). The van der Waals surface area contributed by atoms with Gasteiger partial charge in [-0.25, -0.2) is 9.59 Å². The highest BCUT2D eigenvalue weighted by atomic mass is 19.4. The Morgan fingerprint density at radius 1 is 1.07 bits per heavy atom. The predicted molar refractivity (Wildman–Crippen MR) is 154 cm³/mol. The molecule has 4 aromatic rings. The highest BCUT2D eigenvalue weighted by Crippen LogP contribution is 2.30. The number of pyridine rings is 1. The van der Waals surface area contributed by atoms with Crippen LogP contribution in [-0.2, 0) is 22.1 Å². The summed E-state index contributed by atoms with van der Waals surface area (Å²) in [5, 5.41) is 8.65. The van der Waals surface area contributed by atoms with Crippen LogP contribution in [0.1, 0.15) is 31.9 Å². The number of carbonyl (C=O) groups excluding carboxylic acids is 2. The van der Waals surface area contributed by atoms with E-state index in [1.807, 2.05) is 24.3 Å². The monoisotopic (exact) mass is 596 g/mol. The van der Waals surface area contributed by atoms with Crippen molar-refractivity contribution in [3.8, 4) is 11.3 Å². The van der Waals surface area contributed by atoms with Gasteiger partial charge in [0.05, 0.1) is 18.2 Å². The molecule has 0 unspecified atom stereocenters. The topological polar surface area (TPSA) is 107 Å². The summed E-state index contributed by atoms with van der Waals surface area (Å²) in [6.45, 7) is 8.36. The second-order valence-corrected chi connectivity index (χ2v) is 10.7. The van der Waals surface area contributed by atoms with Gasteiger partial charge in [0, 0.05) is 29.4 Å². The lowest BCUT2D eigenvalue weighted by atomic mass is 10.0. The maximum atomic E-state index is 13.2. The zero-order valence-corrected chi connectivity index (χ0v) is 23.9. The average molecular weight is 597 g/mol. The number of rotatable bonds is 9. The van der Waals surface area contributed by atoms with Crippen molar-refractivity contribution in [3.05, 3.63) is 90.8 Å². The molecular weight excluding hydrogens is 565 g/mol. The lowest BCUT2D eigenvalue weighted by Gasteiger charge is -2.27. The fourth-order valence-corrected chi connectivity index (χ4v) is 4.21. The number of hydrogen-bond acceptors (Lipinski definition) is 7. The summed E-state index contributed by atoms with van der Waals surface area (Å²) in [5.41, 5.74) is -0.435. The van der Waals surface area contributed by atoms with E-state index < -0.39 is 35.6 Å². The normalized spacial score (nSPS) is 12.4. The molecule has 2 aromatic heterocycles. The molecule has 0 saturated heterocycles. The van der Waals surface area contributed by atoms with Gasteiger partial charge in [-0.05, 0) is 62.4 Å². The smallest absolute Gasteiger partial charge is 0.416 e. The second-order valence-electron chi connectivity index (χ2n) is 10.7. The summed E-state index contributed by atoms with van der Waals surface area (Å²) in [7, 11) is 0. The summed E-state index contributed by atoms with van der Waals surface area (Å²) in [4.78, 5) is 31.2. The molecule has 1 N–H and O–H groups in total. The largest absolute Gasteiger partial charge is 0.445 e. The van der Waals surface area contributed by atoms with Crippen molar-refractivity contribution in [3.63, 3.8) is 0 Å². The average Bonchev–Trinajstić information content (AvgIpc) is 3.43. The van der Waals surface area contributed by atoms with Crippen LogP contribution in [-0.4, -0.2) is 47.1 Å². The molecule has 0 radical (unpaired) electrons. The van der Waals surface area contributed by atoms with Crippen molar-refractivity contribution in [1.82, 2.24) is 15.5 Å². The maximum Gasteiger partial charge on any atom is 0.416 e. The van der Waals surface area contributed by atoms with Crippen LogP contribution in [0.15, 0.2) is 84.2 Å². The molecule has 0 fully saturated rings. The fraction of sp³-hybridized carbons (Fsp3) is 0.290. The van der Waals surface area contributed by atoms with E-state index in [0.29, 0.717) is 16.9 Å². The van der Waals surface area contributed by atoms with Crippen LogP contribution < -0.4 is 10.2 Å². The molecule has 9 nitrogen and oxygen atoms in total. The molecule has 43 heavy (non-hydrogen) atoms. The Kier molecular flexibility index (Phi) is 9.37. The fourth-order valence-electron chi connectivity index (χ4n) is 4.21. The number of fused-ring (bicyclic) bond motifs is 1. The van der Waals surface area contributed by atoms with Crippen LogP contribution in [0, 0.1) is 0 Å². The minimum atomic E-state index is -4.50. The minimum Gasteiger partial charge on any atom is -0.445 e. The Morgan fingerprint density at radius 2 is 1.81 bits per heavy atom. The van der Waals surface area contributed by atoms with E-state index in [-0.39, 0.29) is 25.4 Å². The first-order chi connectivity index (χ1) is 20.3. The van der Waals surface area contributed by atoms with E-state index in [4.69, 9.17) is 14.0 Å². The molecule has 0 saturated carbocycles. The van der Waals surface area contributed by atoms with Crippen molar-refractivity contribution >= 4 is 28.8 Å². The number of alkyl carbamates (subject to hydrolysis) is 1. The molecule has 2 aromatic carbocycles. The SMILES string of the molecule is C=CCOC(=O)N(C[C@H](Cc1ccc(C(F)(F)F)cc1)NC(=O)OC(C)(C)C)c1cc(-c2ccc3cnccc3c2)on1. The summed E-state index contributed by atoms with van der Waals surface area (Å²) >= 11 is 0. The van der Waals surface area contributed by atoms with E-state index in [1.165, 1.54) is 23.1 Å². The van der Waals surface area contributed by atoms with Gasteiger partial charge in [0.15, 0.2) is 11.6 Å². The molecule has 226 valence electrons. The van der Waals surface area contributed by atoms with Gasteiger partial charge in [-0.2, -0.15) is 13.2 Å². The molecule has 12 heteroatoms. The van der Waals surface area contributed by atoms with Gasteiger partial charge in [0.2, 0.25) is 0 Å². The van der Waals surface area contributed by atoms with Crippen LogP contribution in [0.4, 0.5) is 28.6 Å². The third-order valence-corrected chi connectivity index (χ3v) is 6.13. The minimum absolute atomic E-state index is 0.0615. The third-order valence-electron chi connectivity index (χ3n) is 6.13. The number of ether oxygens (including phenoxy) is 2. The predicted octanol–water partition coefficient (Wildman–Crippen LogP) is 7.17. The number of carbonyl (C=O) groups is 2. The first-order valence-electron chi connectivity index (χ1n) is 13.3. The zero-order chi connectivity index (χ0) is 31.2. The van der Waals surface area contributed by atoms with Gasteiger partial charge >= 0.3 is 18.4 Å². The van der Waals surface area contributed by atoms with Gasteiger partial charge in [-0.3, -0.25) is 9.88 Å². The molecule has 0 bridgehead atoms. The van der Waals surface area contributed by atoms with Crippen LogP contribution in [0.5, 0.6) is 0 Å². The summed E-state index contributed by atoms with van der Waals surface area (Å²) in [6, 6.07) is 12.7. The van der Waals surface area contributed by atoms with Crippen molar-refractivity contribution in [2.24, 2.45) is 0 Å². The summed E-state index contributed by atoms with van der Waals surface area (Å²) < 4.78 is 55.6. The standard InChI is InChI=1S/C31H31F3N4O5/c1-5-14-41-29(40)38(27-17-26(43-37-27)22-8-9-23-18-35-13-12-21(23)16-22)19-25(36-28(39)42-30(2,3)4)15-20-6-10-24(11-7-20)31(32,33)34/h5-13,16-18,25H,1,14-15,19H2,2-4H3,(H,36,39)/t25-/m0/s1. The Labute approximate surface area is 246 Å². The number of hydrogen-bond donors (Lipinski definition) is 1. The van der Waals surface area contributed by atoms with E-state index >= 15 is 0 Å². The molecule has 0 aliphatic heterocycles. The van der Waals surface area contributed by atoms with Crippen LogP contribution in [0.2, 0.25) is 0 Å². The van der Waals surface area contributed by atoms with Crippen molar-refractivity contribution in [2.45, 2.75) is 45.0 Å². The number of nitrogens with one attached hydrogen (secondary N) is 1. The van der Waals surface area contributed by atoms with Crippen molar-refractivity contribution in [2.75, 3.05) is 18.1 Å². The molecule has 0 aliphatic rings. The molecule has 0 spiro atoms. The van der Waals surface area contributed by atoms with E-state index in [0.717, 1.165) is 22.9 Å². The summed E-state index contributed by atoms with van der Waals surface area (Å²) in [6.07, 6.45) is -1.20. The number of halogens is 3. The van der Waals surface area contributed by atoms with Gasteiger partial charge in [-0.1, -0.05) is 42.1 Å². The first-order valence-corrected chi connectivity index (χ1v) is 13.3. The van der Waals surface area contributed by atoms with Gasteiger partial charge in [0.25, 0.3) is 0 Å². The van der Waals surface area contributed by atoms with Gasteiger partial charge < -0.3 is 19.3 Å². The molecule has 2 amide bonds. The van der Waals surface area contributed by atoms with Crippen molar-refractivity contribution < 1.29 is 36.8 Å². The molecule has 1 atom stereocenters. The number of aromatic nitrogens is 2. The van der Waals surface area contributed by atoms with Gasteiger partial charge in [-0.15, -0.1) is 0 Å². The van der Waals surface area contributed by atoms with E-state index in [1.54, 1.807) is 39.2 Å². The maximum absolute atomic E-state index is 13.2. The number of benzene rings is 2. The number of amides is 2. The van der Waals surface area contributed by atoms with E-state index in [2.05, 4.69) is 22.0 Å².